The molecule has 2 N–H and O–H groups in total. The molecule has 1 aromatic rings. The number of fused-ring (bicyclic) bond motifs is 5. The standard InChI is InChI=1S/C21H25ClN4O2/c1-23-21(24-9-8-13-4-2-3-5-16(13)22)25-10-11-26-19(27)17-14-6-7-15(12-14)18(17)20(26)28/h2-7,14-15,17-18H,8-12H2,1H3,(H2,23,24,25). The predicted molar refractivity (Wildman–Crippen MR) is 109 cm³/mol. The first kappa shape index (κ1) is 19.0. The SMILES string of the molecule is CN=C(NCCc1ccccc1Cl)NCCN1C(=O)C2C3C=CC(C3)C2C1=O. The van der Waals surface area contributed by atoms with E-state index in [9.17, 15) is 9.59 Å². The summed E-state index contributed by atoms with van der Waals surface area (Å²) in [6, 6.07) is 7.76. The minimum absolute atomic E-state index is 0.00434. The van der Waals surface area contributed by atoms with E-state index in [4.69, 9.17) is 11.6 Å². The van der Waals surface area contributed by atoms with Crippen LogP contribution in [0.2, 0.25) is 5.02 Å². The number of carbonyl (C=O) groups is 2. The molecule has 0 aromatic heterocycles. The number of nitrogens with one attached hydrogen (secondary N) is 2. The zero-order valence-electron chi connectivity index (χ0n) is 15.9. The van der Waals surface area contributed by atoms with Crippen LogP contribution >= 0.6 is 11.6 Å². The van der Waals surface area contributed by atoms with Gasteiger partial charge in [-0.25, -0.2) is 0 Å². The molecule has 6 nitrogen and oxygen atoms in total. The third kappa shape index (κ3) is 3.41. The molecule has 3 aliphatic rings. The number of halogens is 1. The molecule has 2 bridgehead atoms. The molecule has 1 saturated carbocycles. The van der Waals surface area contributed by atoms with Crippen molar-refractivity contribution in [2.24, 2.45) is 28.7 Å². The Morgan fingerprint density at radius 3 is 2.39 bits per heavy atom. The molecule has 148 valence electrons. The van der Waals surface area contributed by atoms with Crippen LogP contribution in [-0.2, 0) is 16.0 Å². The van der Waals surface area contributed by atoms with Crippen molar-refractivity contribution < 1.29 is 9.59 Å². The number of guanidine groups is 1. The van der Waals surface area contributed by atoms with E-state index in [0.717, 1.165) is 23.4 Å². The summed E-state index contributed by atoms with van der Waals surface area (Å²) >= 11 is 6.17. The van der Waals surface area contributed by atoms with Crippen LogP contribution in [0.25, 0.3) is 0 Å². The Morgan fingerprint density at radius 1 is 1.11 bits per heavy atom. The van der Waals surface area contributed by atoms with Gasteiger partial charge in [-0.3, -0.25) is 19.5 Å². The van der Waals surface area contributed by atoms with E-state index in [-0.39, 0.29) is 35.5 Å². The first-order chi connectivity index (χ1) is 13.6. The number of benzene rings is 1. The quantitative estimate of drug-likeness (QED) is 0.331. The molecule has 0 spiro atoms. The maximum atomic E-state index is 12.7. The first-order valence-electron chi connectivity index (χ1n) is 9.81. The van der Waals surface area contributed by atoms with Gasteiger partial charge >= 0.3 is 0 Å². The molecule has 2 fully saturated rings. The van der Waals surface area contributed by atoms with E-state index in [0.29, 0.717) is 25.6 Å². The first-order valence-corrected chi connectivity index (χ1v) is 10.2. The van der Waals surface area contributed by atoms with Crippen molar-refractivity contribution in [2.75, 3.05) is 26.7 Å². The van der Waals surface area contributed by atoms with Gasteiger partial charge in [0.05, 0.1) is 11.8 Å². The Balaban J connectivity index is 1.24. The van der Waals surface area contributed by atoms with Gasteiger partial charge in [0.15, 0.2) is 5.96 Å². The van der Waals surface area contributed by atoms with E-state index < -0.39 is 0 Å². The summed E-state index contributed by atoms with van der Waals surface area (Å²) in [5.41, 5.74) is 1.08. The molecular weight excluding hydrogens is 376 g/mol. The third-order valence-corrected chi connectivity index (χ3v) is 6.43. The van der Waals surface area contributed by atoms with Crippen molar-refractivity contribution in [2.45, 2.75) is 12.8 Å². The normalized spacial score (nSPS) is 28.2. The van der Waals surface area contributed by atoms with Crippen molar-refractivity contribution in [3.63, 3.8) is 0 Å². The van der Waals surface area contributed by atoms with Gasteiger partial charge in [0.2, 0.25) is 11.8 Å². The van der Waals surface area contributed by atoms with Crippen molar-refractivity contribution in [1.82, 2.24) is 15.5 Å². The highest BCUT2D eigenvalue weighted by atomic mass is 35.5. The highest BCUT2D eigenvalue weighted by Gasteiger charge is 2.58. The molecule has 4 unspecified atom stereocenters. The van der Waals surface area contributed by atoms with Crippen molar-refractivity contribution in [3.8, 4) is 0 Å². The molecule has 2 amide bonds. The number of likely N-dealkylation sites (tertiary alicyclic amines) is 1. The molecule has 4 atom stereocenters. The predicted octanol–water partition coefficient (Wildman–Crippen LogP) is 1.85. The molecular formula is C21H25ClN4O2. The molecule has 2 aliphatic carbocycles. The molecule has 0 radical (unpaired) electrons. The topological polar surface area (TPSA) is 73.8 Å². The van der Waals surface area contributed by atoms with Crippen LogP contribution in [0, 0.1) is 23.7 Å². The van der Waals surface area contributed by atoms with Gasteiger partial charge < -0.3 is 10.6 Å². The van der Waals surface area contributed by atoms with Crippen LogP contribution in [0.3, 0.4) is 0 Å². The number of aliphatic imine (C=N–C) groups is 1. The summed E-state index contributed by atoms with van der Waals surface area (Å²) in [5.74, 6) is 0.886. The molecule has 1 saturated heterocycles. The number of imide groups is 1. The summed E-state index contributed by atoms with van der Waals surface area (Å²) in [6.45, 7) is 1.53. The van der Waals surface area contributed by atoms with Gasteiger partial charge in [-0.15, -0.1) is 0 Å². The number of hydrogen-bond donors (Lipinski definition) is 2. The summed E-state index contributed by atoms with van der Waals surface area (Å²) < 4.78 is 0. The van der Waals surface area contributed by atoms with Gasteiger partial charge in [-0.2, -0.15) is 0 Å². The van der Waals surface area contributed by atoms with Crippen LogP contribution in [0.15, 0.2) is 41.4 Å². The Morgan fingerprint density at radius 2 is 1.75 bits per heavy atom. The van der Waals surface area contributed by atoms with E-state index in [1.165, 1.54) is 4.90 Å². The summed E-state index contributed by atoms with van der Waals surface area (Å²) in [5, 5.41) is 7.18. The van der Waals surface area contributed by atoms with Gasteiger partial charge in [0, 0.05) is 31.7 Å². The number of allylic oxidation sites excluding steroid dienone is 2. The zero-order chi connectivity index (χ0) is 19.7. The molecule has 1 aromatic carbocycles. The number of hydrogen-bond acceptors (Lipinski definition) is 3. The molecule has 1 heterocycles. The van der Waals surface area contributed by atoms with Crippen LogP contribution in [0.1, 0.15) is 12.0 Å². The second-order valence-corrected chi connectivity index (χ2v) is 8.00. The lowest BCUT2D eigenvalue weighted by Gasteiger charge is -2.18. The fraction of sp³-hybridized carbons (Fsp3) is 0.476. The fourth-order valence-corrected chi connectivity index (χ4v) is 4.94. The van der Waals surface area contributed by atoms with Crippen molar-refractivity contribution in [1.29, 1.82) is 0 Å². The van der Waals surface area contributed by atoms with Crippen LogP contribution < -0.4 is 10.6 Å². The molecule has 7 heteroatoms. The van der Waals surface area contributed by atoms with Crippen LogP contribution in [0.5, 0.6) is 0 Å². The maximum absolute atomic E-state index is 12.7. The number of nitrogens with zero attached hydrogens (tertiary/aromatic N) is 2. The fourth-order valence-electron chi connectivity index (χ4n) is 4.71. The molecule has 4 rings (SSSR count). The lowest BCUT2D eigenvalue weighted by atomic mass is 9.85. The van der Waals surface area contributed by atoms with Gasteiger partial charge in [0.1, 0.15) is 0 Å². The van der Waals surface area contributed by atoms with E-state index >= 15 is 0 Å². The highest BCUT2D eigenvalue weighted by Crippen LogP contribution is 2.52. The lowest BCUT2D eigenvalue weighted by Crippen LogP contribution is -2.44. The highest BCUT2D eigenvalue weighted by molar-refractivity contribution is 6.31. The van der Waals surface area contributed by atoms with E-state index in [2.05, 4.69) is 27.8 Å². The minimum Gasteiger partial charge on any atom is -0.356 e. The van der Waals surface area contributed by atoms with Gasteiger partial charge in [-0.05, 0) is 36.3 Å². The minimum atomic E-state index is -0.129. The van der Waals surface area contributed by atoms with E-state index in [1.54, 1.807) is 7.05 Å². The van der Waals surface area contributed by atoms with Crippen LogP contribution in [0.4, 0.5) is 0 Å². The van der Waals surface area contributed by atoms with E-state index in [1.807, 2.05) is 24.3 Å². The lowest BCUT2D eigenvalue weighted by molar-refractivity contribution is -0.140. The zero-order valence-corrected chi connectivity index (χ0v) is 16.7. The second kappa shape index (κ2) is 7.95. The summed E-state index contributed by atoms with van der Waals surface area (Å²) in [7, 11) is 1.70. The maximum Gasteiger partial charge on any atom is 0.233 e. The number of rotatable bonds is 6. The number of amides is 2. The summed E-state index contributed by atoms with van der Waals surface area (Å²) in [6.07, 6.45) is 5.97. The Hall–Kier alpha value is -2.34. The monoisotopic (exact) mass is 400 g/mol. The smallest absolute Gasteiger partial charge is 0.233 e. The van der Waals surface area contributed by atoms with Crippen molar-refractivity contribution in [3.05, 3.63) is 47.0 Å². The third-order valence-electron chi connectivity index (χ3n) is 6.06. The van der Waals surface area contributed by atoms with Crippen LogP contribution in [-0.4, -0.2) is 49.4 Å². The second-order valence-electron chi connectivity index (χ2n) is 7.60. The Bertz CT molecular complexity index is 807. The van der Waals surface area contributed by atoms with Crippen molar-refractivity contribution >= 4 is 29.4 Å². The Labute approximate surface area is 170 Å². The van der Waals surface area contributed by atoms with Gasteiger partial charge in [-0.1, -0.05) is 42.0 Å². The average molecular weight is 401 g/mol. The van der Waals surface area contributed by atoms with Gasteiger partial charge in [0.25, 0.3) is 0 Å². The number of carbonyl (C=O) groups excluding carboxylic acids is 2. The Kier molecular flexibility index (Phi) is 5.40. The average Bonchev–Trinajstić information content (AvgIpc) is 3.37. The largest absolute Gasteiger partial charge is 0.356 e. The molecule has 28 heavy (non-hydrogen) atoms. The summed E-state index contributed by atoms with van der Waals surface area (Å²) in [4.78, 5) is 31.0. The molecule has 1 aliphatic heterocycles.